The minimum absolute atomic E-state index is 0.0978. The van der Waals surface area contributed by atoms with Crippen molar-refractivity contribution in [2.45, 2.75) is 45.1 Å². The van der Waals surface area contributed by atoms with E-state index in [1.54, 1.807) is 16.2 Å². The van der Waals surface area contributed by atoms with Crippen molar-refractivity contribution in [2.24, 2.45) is 17.8 Å². The fourth-order valence-electron chi connectivity index (χ4n) is 4.99. The zero-order valence-corrected chi connectivity index (χ0v) is 18.7. The second kappa shape index (κ2) is 7.86. The number of carbonyl (C=O) groups excluding carboxylic acids is 3. The van der Waals surface area contributed by atoms with Gasteiger partial charge in [0.25, 0.3) is 0 Å². The molecule has 6 nitrogen and oxygen atoms in total. The average molecular weight is 438 g/mol. The normalized spacial score (nSPS) is 24.7. The van der Waals surface area contributed by atoms with E-state index in [1.807, 2.05) is 44.2 Å². The molecule has 1 aromatic heterocycles. The van der Waals surface area contributed by atoms with E-state index in [0.717, 1.165) is 15.2 Å². The summed E-state index contributed by atoms with van der Waals surface area (Å²) in [6, 6.07) is 7.37. The van der Waals surface area contributed by atoms with E-state index in [-0.39, 0.29) is 41.4 Å². The summed E-state index contributed by atoms with van der Waals surface area (Å²) in [7, 11) is 0. The molecule has 0 bridgehead atoms. The van der Waals surface area contributed by atoms with Gasteiger partial charge in [-0.25, -0.2) is 4.98 Å². The molecule has 0 saturated carbocycles. The molecule has 1 aromatic carbocycles. The van der Waals surface area contributed by atoms with Gasteiger partial charge in [0, 0.05) is 19.0 Å². The van der Waals surface area contributed by atoms with E-state index in [9.17, 15) is 14.4 Å². The van der Waals surface area contributed by atoms with Gasteiger partial charge in [-0.05, 0) is 37.3 Å². The molecule has 1 aliphatic carbocycles. The van der Waals surface area contributed by atoms with E-state index in [2.05, 4.69) is 6.07 Å². The molecule has 2 fully saturated rings. The number of fused-ring (bicyclic) bond motifs is 2. The number of amides is 3. The van der Waals surface area contributed by atoms with Crippen LogP contribution in [0.1, 0.15) is 44.0 Å². The smallest absolute Gasteiger partial charge is 0.245 e. The van der Waals surface area contributed by atoms with Crippen molar-refractivity contribution in [1.82, 2.24) is 14.8 Å². The Balaban J connectivity index is 1.32. The van der Waals surface area contributed by atoms with E-state index in [1.165, 1.54) is 4.90 Å². The Morgan fingerprint density at radius 2 is 1.74 bits per heavy atom. The number of likely N-dealkylation sites (tertiary alicyclic amines) is 2. The second-order valence-corrected chi connectivity index (χ2v) is 10.4. The lowest BCUT2D eigenvalue weighted by Gasteiger charge is -2.41. The highest BCUT2D eigenvalue weighted by Crippen LogP contribution is 2.39. The van der Waals surface area contributed by atoms with Gasteiger partial charge in [-0.2, -0.15) is 0 Å². The largest absolute Gasteiger partial charge is 0.339 e. The van der Waals surface area contributed by atoms with Crippen molar-refractivity contribution in [2.75, 3.05) is 13.1 Å². The highest BCUT2D eigenvalue weighted by molar-refractivity contribution is 7.18. The van der Waals surface area contributed by atoms with Gasteiger partial charge in [0.05, 0.1) is 22.1 Å². The first kappa shape index (κ1) is 20.4. The molecule has 3 atom stereocenters. The molecule has 2 aromatic rings. The van der Waals surface area contributed by atoms with Crippen molar-refractivity contribution in [3.05, 3.63) is 41.4 Å². The van der Waals surface area contributed by atoms with E-state index >= 15 is 0 Å². The number of hydrogen-bond donors (Lipinski definition) is 0. The van der Waals surface area contributed by atoms with Gasteiger partial charge in [-0.3, -0.25) is 19.3 Å². The van der Waals surface area contributed by atoms with Crippen molar-refractivity contribution >= 4 is 39.3 Å². The van der Waals surface area contributed by atoms with Gasteiger partial charge in [0.2, 0.25) is 17.7 Å². The Bertz CT molecular complexity index is 1010. The molecular weight excluding hydrogens is 410 g/mol. The topological polar surface area (TPSA) is 70.6 Å². The summed E-state index contributed by atoms with van der Waals surface area (Å²) in [6.45, 7) is 5.25. The minimum Gasteiger partial charge on any atom is -0.339 e. The van der Waals surface area contributed by atoms with Crippen molar-refractivity contribution in [3.63, 3.8) is 0 Å². The summed E-state index contributed by atoms with van der Waals surface area (Å²) in [4.78, 5) is 47.4. The van der Waals surface area contributed by atoms with Crippen LogP contribution in [-0.2, 0) is 14.4 Å². The molecule has 2 aliphatic heterocycles. The number of carbonyl (C=O) groups is 3. The Kier molecular flexibility index (Phi) is 5.16. The van der Waals surface area contributed by atoms with Gasteiger partial charge >= 0.3 is 0 Å². The molecule has 7 heteroatoms. The van der Waals surface area contributed by atoms with Crippen LogP contribution in [0, 0.1) is 17.8 Å². The van der Waals surface area contributed by atoms with Crippen LogP contribution in [0.25, 0.3) is 10.2 Å². The molecule has 0 spiro atoms. The Hall–Kier alpha value is -2.54. The summed E-state index contributed by atoms with van der Waals surface area (Å²) < 4.78 is 1.16. The molecule has 3 heterocycles. The van der Waals surface area contributed by atoms with Crippen molar-refractivity contribution in [1.29, 1.82) is 0 Å². The highest BCUT2D eigenvalue weighted by atomic mass is 32.1. The number of hydrogen-bond acceptors (Lipinski definition) is 5. The van der Waals surface area contributed by atoms with Crippen LogP contribution in [0.4, 0.5) is 0 Å². The lowest BCUT2D eigenvalue weighted by atomic mass is 9.85. The van der Waals surface area contributed by atoms with Gasteiger partial charge < -0.3 is 4.90 Å². The number of benzene rings is 1. The first-order chi connectivity index (χ1) is 14.9. The maximum Gasteiger partial charge on any atom is 0.245 e. The third kappa shape index (κ3) is 3.49. The van der Waals surface area contributed by atoms with Gasteiger partial charge in [-0.1, -0.05) is 38.1 Å². The Morgan fingerprint density at radius 3 is 2.35 bits per heavy atom. The Morgan fingerprint density at radius 1 is 1.10 bits per heavy atom. The zero-order chi connectivity index (χ0) is 21.7. The molecular formula is C24H27N3O3S. The summed E-state index contributed by atoms with van der Waals surface area (Å²) in [5.74, 6) is -0.601. The molecule has 0 N–H and O–H groups in total. The first-order valence-corrected chi connectivity index (χ1v) is 11.9. The third-order valence-electron chi connectivity index (χ3n) is 6.69. The van der Waals surface area contributed by atoms with Crippen LogP contribution in [-0.4, -0.2) is 51.6 Å². The molecule has 3 aliphatic rings. The number of rotatable bonds is 5. The van der Waals surface area contributed by atoms with Crippen LogP contribution in [0.15, 0.2) is 36.4 Å². The first-order valence-electron chi connectivity index (χ1n) is 11.1. The monoisotopic (exact) mass is 437 g/mol. The fourth-order valence-corrected chi connectivity index (χ4v) is 6.04. The Labute approximate surface area is 185 Å². The number of allylic oxidation sites excluding steroid dienone is 2. The molecule has 5 rings (SSSR count). The van der Waals surface area contributed by atoms with Crippen LogP contribution in [0.3, 0.4) is 0 Å². The maximum absolute atomic E-state index is 13.4. The molecule has 0 unspecified atom stereocenters. The maximum atomic E-state index is 13.4. The summed E-state index contributed by atoms with van der Waals surface area (Å²) in [5.41, 5.74) is 0.995. The molecule has 31 heavy (non-hydrogen) atoms. The van der Waals surface area contributed by atoms with Crippen molar-refractivity contribution in [3.8, 4) is 0 Å². The lowest BCUT2D eigenvalue weighted by Crippen LogP contribution is -2.57. The number of para-hydroxylation sites is 1. The van der Waals surface area contributed by atoms with Crippen LogP contribution in [0.2, 0.25) is 0 Å². The van der Waals surface area contributed by atoms with Crippen LogP contribution < -0.4 is 0 Å². The molecule has 2 saturated heterocycles. The fraction of sp³-hybridized carbons (Fsp3) is 0.500. The summed E-state index contributed by atoms with van der Waals surface area (Å²) >= 11 is 1.68. The number of imide groups is 1. The predicted molar refractivity (Wildman–Crippen MR) is 119 cm³/mol. The zero-order valence-electron chi connectivity index (χ0n) is 17.9. The van der Waals surface area contributed by atoms with E-state index in [4.69, 9.17) is 4.98 Å². The average Bonchev–Trinajstić information content (AvgIpc) is 3.24. The van der Waals surface area contributed by atoms with Gasteiger partial charge in [-0.15, -0.1) is 11.3 Å². The highest BCUT2D eigenvalue weighted by Gasteiger charge is 2.52. The number of thiazole rings is 1. The standard InChI is InChI=1S/C24H27N3O3S/c1-14(2)11-19(27-22(28)16-7-3-4-8-17(16)23(27)29)24(30)26-12-15(13-26)21-25-18-9-5-6-10-20(18)31-21/h3-6,9-10,14-17,19H,7-8,11-13H2,1-2H3/t16-,17+,19-/m0/s1. The lowest BCUT2D eigenvalue weighted by molar-refractivity contribution is -0.154. The van der Waals surface area contributed by atoms with Gasteiger partial charge in [0.15, 0.2) is 0 Å². The summed E-state index contributed by atoms with van der Waals surface area (Å²) in [5, 5.41) is 1.05. The molecule has 0 radical (unpaired) electrons. The van der Waals surface area contributed by atoms with Crippen molar-refractivity contribution < 1.29 is 14.4 Å². The van der Waals surface area contributed by atoms with Crippen LogP contribution in [0.5, 0.6) is 0 Å². The third-order valence-corrected chi connectivity index (χ3v) is 7.88. The summed E-state index contributed by atoms with van der Waals surface area (Å²) in [6.07, 6.45) is 5.65. The minimum atomic E-state index is -0.693. The quantitative estimate of drug-likeness (QED) is 0.529. The second-order valence-electron chi connectivity index (χ2n) is 9.31. The van der Waals surface area contributed by atoms with Crippen LogP contribution >= 0.6 is 11.3 Å². The van der Waals surface area contributed by atoms with E-state index < -0.39 is 6.04 Å². The van der Waals surface area contributed by atoms with E-state index in [0.29, 0.717) is 32.4 Å². The number of nitrogens with zero attached hydrogens (tertiary/aromatic N) is 3. The molecule has 162 valence electrons. The number of aromatic nitrogens is 1. The molecule has 3 amide bonds. The predicted octanol–water partition coefficient (Wildman–Crippen LogP) is 3.59. The van der Waals surface area contributed by atoms with Gasteiger partial charge in [0.1, 0.15) is 11.0 Å². The SMILES string of the molecule is CC(C)C[C@@H](C(=O)N1CC(c2nc3ccccc3s2)C1)N1C(=O)[C@H]2CC=CC[C@H]2C1=O.